The number of halogens is 1. The Bertz CT molecular complexity index is 661. The standard InChI is InChI=1S/C19H22ClNO2S/c1-14-5-3-4-6-18(14)23-13-15(2)21-19(22)11-12-24-17-9-7-16(20)8-10-17/h3-10,15H,11-13H2,1-2H3,(H,21,22)/t15-/m0/s1. The minimum atomic E-state index is -0.0300. The molecule has 0 saturated carbocycles. The molecule has 0 aliphatic rings. The van der Waals surface area contributed by atoms with Gasteiger partial charge in [0.2, 0.25) is 5.91 Å². The Balaban J connectivity index is 1.66. The Morgan fingerprint density at radius 3 is 2.62 bits per heavy atom. The van der Waals surface area contributed by atoms with E-state index in [0.717, 1.165) is 27.0 Å². The predicted octanol–water partition coefficient (Wildman–Crippen LogP) is 4.71. The van der Waals surface area contributed by atoms with Gasteiger partial charge in [-0.05, 0) is 49.7 Å². The molecule has 0 radical (unpaired) electrons. The van der Waals surface area contributed by atoms with E-state index in [2.05, 4.69) is 5.32 Å². The lowest BCUT2D eigenvalue weighted by atomic mass is 10.2. The molecule has 2 aromatic carbocycles. The lowest BCUT2D eigenvalue weighted by Crippen LogP contribution is -2.37. The largest absolute Gasteiger partial charge is 0.491 e. The fourth-order valence-electron chi connectivity index (χ4n) is 2.11. The summed E-state index contributed by atoms with van der Waals surface area (Å²) in [7, 11) is 0. The van der Waals surface area contributed by atoms with Gasteiger partial charge in [0.05, 0.1) is 6.04 Å². The van der Waals surface area contributed by atoms with E-state index in [4.69, 9.17) is 16.3 Å². The van der Waals surface area contributed by atoms with Crippen LogP contribution in [0.2, 0.25) is 5.02 Å². The van der Waals surface area contributed by atoms with Gasteiger partial charge in [0.1, 0.15) is 12.4 Å². The van der Waals surface area contributed by atoms with Crippen LogP contribution >= 0.6 is 23.4 Å². The fourth-order valence-corrected chi connectivity index (χ4v) is 3.09. The van der Waals surface area contributed by atoms with Crippen molar-refractivity contribution >= 4 is 29.3 Å². The first-order chi connectivity index (χ1) is 11.5. The maximum absolute atomic E-state index is 12.0. The number of benzene rings is 2. The number of hydrogen-bond acceptors (Lipinski definition) is 3. The number of carbonyl (C=O) groups excluding carboxylic acids is 1. The molecule has 24 heavy (non-hydrogen) atoms. The Hall–Kier alpha value is -1.65. The molecule has 0 aromatic heterocycles. The molecule has 5 heteroatoms. The molecule has 0 aliphatic carbocycles. The van der Waals surface area contributed by atoms with Gasteiger partial charge < -0.3 is 10.1 Å². The van der Waals surface area contributed by atoms with E-state index in [1.165, 1.54) is 0 Å². The number of ether oxygens (including phenoxy) is 1. The van der Waals surface area contributed by atoms with Crippen LogP contribution in [0.1, 0.15) is 18.9 Å². The molecule has 0 saturated heterocycles. The van der Waals surface area contributed by atoms with E-state index in [1.807, 2.05) is 62.4 Å². The number of rotatable bonds is 8. The number of aryl methyl sites for hydroxylation is 1. The van der Waals surface area contributed by atoms with Crippen molar-refractivity contribution in [2.75, 3.05) is 12.4 Å². The van der Waals surface area contributed by atoms with E-state index in [0.29, 0.717) is 13.0 Å². The molecule has 0 fully saturated rings. The van der Waals surface area contributed by atoms with Crippen LogP contribution < -0.4 is 10.1 Å². The molecule has 128 valence electrons. The van der Waals surface area contributed by atoms with Gasteiger partial charge in [0, 0.05) is 22.1 Å². The van der Waals surface area contributed by atoms with Crippen LogP contribution in [0.15, 0.2) is 53.4 Å². The molecule has 0 aliphatic heterocycles. The quantitative estimate of drug-likeness (QED) is 0.690. The Morgan fingerprint density at radius 2 is 1.92 bits per heavy atom. The van der Waals surface area contributed by atoms with Crippen molar-refractivity contribution in [1.29, 1.82) is 0 Å². The van der Waals surface area contributed by atoms with Crippen LogP contribution in [0.3, 0.4) is 0 Å². The molecule has 1 amide bonds. The van der Waals surface area contributed by atoms with E-state index >= 15 is 0 Å². The van der Waals surface area contributed by atoms with Crippen molar-refractivity contribution in [3.8, 4) is 5.75 Å². The Kier molecular flexibility index (Phi) is 7.47. The summed E-state index contributed by atoms with van der Waals surface area (Å²) >= 11 is 7.50. The summed E-state index contributed by atoms with van der Waals surface area (Å²) in [5, 5.41) is 3.69. The van der Waals surface area contributed by atoms with E-state index < -0.39 is 0 Å². The first-order valence-electron chi connectivity index (χ1n) is 7.91. The van der Waals surface area contributed by atoms with Crippen molar-refractivity contribution in [3.63, 3.8) is 0 Å². The first kappa shape index (κ1) is 18.7. The Labute approximate surface area is 152 Å². The summed E-state index contributed by atoms with van der Waals surface area (Å²) in [6, 6.07) is 15.5. The molecule has 1 atom stereocenters. The van der Waals surface area contributed by atoms with Gasteiger partial charge in [-0.15, -0.1) is 11.8 Å². The summed E-state index contributed by atoms with van der Waals surface area (Å²) in [6.07, 6.45) is 0.474. The molecule has 3 nitrogen and oxygen atoms in total. The highest BCUT2D eigenvalue weighted by Crippen LogP contribution is 2.21. The second-order valence-corrected chi connectivity index (χ2v) is 7.20. The number of para-hydroxylation sites is 1. The highest BCUT2D eigenvalue weighted by atomic mass is 35.5. The summed E-state index contributed by atoms with van der Waals surface area (Å²) < 4.78 is 5.75. The lowest BCUT2D eigenvalue weighted by molar-refractivity contribution is -0.121. The monoisotopic (exact) mass is 363 g/mol. The van der Waals surface area contributed by atoms with Crippen LogP contribution in [0.4, 0.5) is 0 Å². The van der Waals surface area contributed by atoms with Gasteiger partial charge in [-0.3, -0.25) is 4.79 Å². The maximum atomic E-state index is 12.0. The molecule has 0 spiro atoms. The van der Waals surface area contributed by atoms with Crippen molar-refractivity contribution in [2.45, 2.75) is 31.2 Å². The van der Waals surface area contributed by atoms with Crippen LogP contribution in [0, 0.1) is 6.92 Å². The highest BCUT2D eigenvalue weighted by molar-refractivity contribution is 7.99. The minimum absolute atomic E-state index is 0.0300. The molecule has 0 bridgehead atoms. The minimum Gasteiger partial charge on any atom is -0.491 e. The highest BCUT2D eigenvalue weighted by Gasteiger charge is 2.09. The van der Waals surface area contributed by atoms with Gasteiger partial charge in [-0.2, -0.15) is 0 Å². The van der Waals surface area contributed by atoms with Crippen LogP contribution in [-0.2, 0) is 4.79 Å². The summed E-state index contributed by atoms with van der Waals surface area (Å²) in [6.45, 7) is 4.41. The van der Waals surface area contributed by atoms with Crippen LogP contribution in [-0.4, -0.2) is 24.3 Å². The van der Waals surface area contributed by atoms with Crippen molar-refractivity contribution in [1.82, 2.24) is 5.32 Å². The second-order valence-electron chi connectivity index (χ2n) is 5.60. The van der Waals surface area contributed by atoms with Crippen molar-refractivity contribution < 1.29 is 9.53 Å². The summed E-state index contributed by atoms with van der Waals surface area (Å²) in [5.41, 5.74) is 1.09. The second kappa shape index (κ2) is 9.60. The maximum Gasteiger partial charge on any atom is 0.221 e. The molecular formula is C19H22ClNO2S. The molecule has 0 heterocycles. The summed E-state index contributed by atoms with van der Waals surface area (Å²) in [5.74, 6) is 1.63. The van der Waals surface area contributed by atoms with Gasteiger partial charge in [0.15, 0.2) is 0 Å². The third kappa shape index (κ3) is 6.46. The zero-order chi connectivity index (χ0) is 17.4. The number of amides is 1. The van der Waals surface area contributed by atoms with Gasteiger partial charge in [-0.1, -0.05) is 29.8 Å². The van der Waals surface area contributed by atoms with Crippen LogP contribution in [0.25, 0.3) is 0 Å². The normalized spacial score (nSPS) is 11.8. The van der Waals surface area contributed by atoms with Crippen molar-refractivity contribution in [2.24, 2.45) is 0 Å². The number of carbonyl (C=O) groups is 1. The molecule has 2 aromatic rings. The topological polar surface area (TPSA) is 38.3 Å². The van der Waals surface area contributed by atoms with Crippen LogP contribution in [0.5, 0.6) is 5.75 Å². The first-order valence-corrected chi connectivity index (χ1v) is 9.27. The number of hydrogen-bond donors (Lipinski definition) is 1. The fraction of sp³-hybridized carbons (Fsp3) is 0.316. The SMILES string of the molecule is Cc1ccccc1OC[C@H](C)NC(=O)CCSc1ccc(Cl)cc1. The third-order valence-electron chi connectivity index (χ3n) is 3.40. The van der Waals surface area contributed by atoms with Gasteiger partial charge >= 0.3 is 0 Å². The number of nitrogens with one attached hydrogen (secondary N) is 1. The van der Waals surface area contributed by atoms with Gasteiger partial charge in [0.25, 0.3) is 0 Å². The zero-order valence-electron chi connectivity index (χ0n) is 13.9. The van der Waals surface area contributed by atoms with Crippen molar-refractivity contribution in [3.05, 3.63) is 59.1 Å². The number of thioether (sulfide) groups is 1. The van der Waals surface area contributed by atoms with E-state index in [-0.39, 0.29) is 11.9 Å². The average molecular weight is 364 g/mol. The molecular weight excluding hydrogens is 342 g/mol. The van der Waals surface area contributed by atoms with E-state index in [1.54, 1.807) is 11.8 Å². The smallest absolute Gasteiger partial charge is 0.221 e. The zero-order valence-corrected chi connectivity index (χ0v) is 15.5. The molecule has 1 N–H and O–H groups in total. The van der Waals surface area contributed by atoms with Gasteiger partial charge in [-0.25, -0.2) is 0 Å². The predicted molar refractivity (Wildman–Crippen MR) is 101 cm³/mol. The lowest BCUT2D eigenvalue weighted by Gasteiger charge is -2.16. The molecule has 0 unspecified atom stereocenters. The third-order valence-corrected chi connectivity index (χ3v) is 4.67. The molecule has 2 rings (SSSR count). The average Bonchev–Trinajstić information content (AvgIpc) is 2.56. The van der Waals surface area contributed by atoms with E-state index in [9.17, 15) is 4.79 Å². The Morgan fingerprint density at radius 1 is 1.21 bits per heavy atom. The summed E-state index contributed by atoms with van der Waals surface area (Å²) in [4.78, 5) is 13.1.